The smallest absolute Gasteiger partial charge is 0.0353 e. The van der Waals surface area contributed by atoms with Crippen LogP contribution in [0, 0.1) is 0 Å². The van der Waals surface area contributed by atoms with E-state index in [9.17, 15) is 0 Å². The van der Waals surface area contributed by atoms with Gasteiger partial charge in [-0.2, -0.15) is 0 Å². The molecule has 0 fully saturated rings. The average Bonchev–Trinajstić information content (AvgIpc) is 2.29. The molecule has 1 atom stereocenters. The molecule has 2 rings (SSSR count). The first-order chi connectivity index (χ1) is 8.22. The number of hydrogen-bond donors (Lipinski definition) is 2. The highest BCUT2D eigenvalue weighted by molar-refractivity contribution is 5.53. The molecule has 1 aromatic rings. The first-order valence-corrected chi connectivity index (χ1v) is 6.52. The zero-order valence-corrected chi connectivity index (χ0v) is 10.7. The third-order valence-corrected chi connectivity index (χ3v) is 3.58. The number of hydrogen-bond acceptors (Lipinski definition) is 3. The summed E-state index contributed by atoms with van der Waals surface area (Å²) in [6, 6.07) is 6.28. The van der Waals surface area contributed by atoms with Crippen LogP contribution in [-0.2, 0) is 6.54 Å². The molecule has 0 saturated heterocycles. The van der Waals surface area contributed by atoms with Crippen LogP contribution in [0.15, 0.2) is 18.2 Å². The molecular weight excluding hydrogens is 210 g/mol. The maximum Gasteiger partial charge on any atom is 0.0353 e. The second-order valence-corrected chi connectivity index (χ2v) is 5.05. The number of anilines is 1. The van der Waals surface area contributed by atoms with E-state index < -0.39 is 0 Å². The van der Waals surface area contributed by atoms with Crippen LogP contribution in [-0.4, -0.2) is 24.5 Å². The van der Waals surface area contributed by atoms with Gasteiger partial charge in [0.2, 0.25) is 0 Å². The summed E-state index contributed by atoms with van der Waals surface area (Å²) in [5, 5.41) is 0. The fourth-order valence-electron chi connectivity index (χ4n) is 2.81. The van der Waals surface area contributed by atoms with E-state index in [2.05, 4.69) is 24.0 Å². The predicted molar refractivity (Wildman–Crippen MR) is 72.8 cm³/mol. The van der Waals surface area contributed by atoms with Crippen LogP contribution < -0.4 is 11.5 Å². The van der Waals surface area contributed by atoms with Gasteiger partial charge in [0, 0.05) is 18.8 Å². The van der Waals surface area contributed by atoms with E-state index in [1.807, 2.05) is 6.07 Å². The Bertz CT molecular complexity index is 376. The molecule has 3 nitrogen and oxygen atoms in total. The molecule has 0 aliphatic carbocycles. The Morgan fingerprint density at radius 3 is 2.94 bits per heavy atom. The van der Waals surface area contributed by atoms with Gasteiger partial charge in [-0.3, -0.25) is 4.90 Å². The first-order valence-electron chi connectivity index (χ1n) is 6.52. The number of benzene rings is 1. The number of unbranched alkanes of at least 4 members (excludes halogenated alkanes) is 1. The van der Waals surface area contributed by atoms with E-state index in [4.69, 9.17) is 11.5 Å². The lowest BCUT2D eigenvalue weighted by molar-refractivity contribution is 0.231. The predicted octanol–water partition coefficient (Wildman–Crippen LogP) is 1.93. The summed E-state index contributed by atoms with van der Waals surface area (Å²) in [4.78, 5) is 2.52. The second-order valence-electron chi connectivity index (χ2n) is 5.05. The van der Waals surface area contributed by atoms with Crippen molar-refractivity contribution >= 4 is 5.69 Å². The van der Waals surface area contributed by atoms with E-state index in [1.165, 1.54) is 17.5 Å². The van der Waals surface area contributed by atoms with Crippen molar-refractivity contribution in [2.45, 2.75) is 32.2 Å². The maximum atomic E-state index is 6.06. The zero-order chi connectivity index (χ0) is 12.3. The molecule has 0 amide bonds. The highest BCUT2D eigenvalue weighted by Gasteiger charge is 2.23. The number of nitrogens with zero attached hydrogens (tertiary/aromatic N) is 1. The molecule has 17 heavy (non-hydrogen) atoms. The van der Waals surface area contributed by atoms with Gasteiger partial charge in [0.15, 0.2) is 0 Å². The van der Waals surface area contributed by atoms with Crippen LogP contribution in [0.25, 0.3) is 0 Å². The van der Waals surface area contributed by atoms with Gasteiger partial charge < -0.3 is 11.5 Å². The molecule has 0 aromatic heterocycles. The second kappa shape index (κ2) is 5.52. The minimum absolute atomic E-state index is 0.540. The monoisotopic (exact) mass is 233 g/mol. The number of nitrogens with two attached hydrogens (primary N) is 2. The van der Waals surface area contributed by atoms with E-state index in [1.54, 1.807) is 0 Å². The SMILES string of the molecule is CC1CN(CCCCN)Cc2cccc(N)c21. The van der Waals surface area contributed by atoms with E-state index in [0.29, 0.717) is 5.92 Å². The van der Waals surface area contributed by atoms with Crippen molar-refractivity contribution in [1.29, 1.82) is 0 Å². The molecule has 0 bridgehead atoms. The molecule has 1 aliphatic heterocycles. The fraction of sp³-hybridized carbons (Fsp3) is 0.571. The Balaban J connectivity index is 2.06. The van der Waals surface area contributed by atoms with E-state index >= 15 is 0 Å². The lowest BCUT2D eigenvalue weighted by Gasteiger charge is -2.33. The minimum atomic E-state index is 0.540. The average molecular weight is 233 g/mol. The molecule has 1 heterocycles. The van der Waals surface area contributed by atoms with Gasteiger partial charge in [-0.25, -0.2) is 0 Å². The van der Waals surface area contributed by atoms with Crippen LogP contribution in [0.2, 0.25) is 0 Å². The van der Waals surface area contributed by atoms with Gasteiger partial charge in [-0.1, -0.05) is 19.1 Å². The van der Waals surface area contributed by atoms with Crippen molar-refractivity contribution < 1.29 is 0 Å². The lowest BCUT2D eigenvalue weighted by Crippen LogP contribution is -2.34. The van der Waals surface area contributed by atoms with Crippen LogP contribution in [0.3, 0.4) is 0 Å². The molecular formula is C14H23N3. The maximum absolute atomic E-state index is 6.06. The van der Waals surface area contributed by atoms with Gasteiger partial charge in [-0.15, -0.1) is 0 Å². The van der Waals surface area contributed by atoms with Crippen LogP contribution >= 0.6 is 0 Å². The molecule has 1 unspecified atom stereocenters. The van der Waals surface area contributed by atoms with Gasteiger partial charge in [0.1, 0.15) is 0 Å². The summed E-state index contributed by atoms with van der Waals surface area (Å²) < 4.78 is 0. The molecule has 1 aromatic carbocycles. The van der Waals surface area contributed by atoms with Crippen molar-refractivity contribution in [2.75, 3.05) is 25.4 Å². The molecule has 1 aliphatic rings. The zero-order valence-electron chi connectivity index (χ0n) is 10.7. The summed E-state index contributed by atoms with van der Waals surface area (Å²) >= 11 is 0. The topological polar surface area (TPSA) is 55.3 Å². The van der Waals surface area contributed by atoms with Crippen molar-refractivity contribution in [1.82, 2.24) is 4.90 Å². The quantitative estimate of drug-likeness (QED) is 0.617. The number of nitrogen functional groups attached to an aromatic ring is 1. The van der Waals surface area contributed by atoms with Crippen LogP contribution in [0.1, 0.15) is 36.8 Å². The van der Waals surface area contributed by atoms with Gasteiger partial charge in [0.25, 0.3) is 0 Å². The molecule has 4 N–H and O–H groups in total. The molecule has 3 heteroatoms. The molecule has 0 spiro atoms. The Morgan fingerprint density at radius 2 is 2.18 bits per heavy atom. The summed E-state index contributed by atoms with van der Waals surface area (Å²) in [6.07, 6.45) is 2.32. The first kappa shape index (κ1) is 12.4. The van der Waals surface area contributed by atoms with Crippen molar-refractivity contribution in [2.24, 2.45) is 5.73 Å². The highest BCUT2D eigenvalue weighted by atomic mass is 15.1. The van der Waals surface area contributed by atoms with Gasteiger partial charge in [-0.05, 0) is 49.0 Å². The highest BCUT2D eigenvalue weighted by Crippen LogP contribution is 2.32. The van der Waals surface area contributed by atoms with Gasteiger partial charge >= 0.3 is 0 Å². The van der Waals surface area contributed by atoms with E-state index in [-0.39, 0.29) is 0 Å². The normalized spacial score (nSPS) is 20.2. The Kier molecular flexibility index (Phi) is 4.02. The fourth-order valence-corrected chi connectivity index (χ4v) is 2.81. The van der Waals surface area contributed by atoms with Crippen LogP contribution in [0.4, 0.5) is 5.69 Å². The molecule has 94 valence electrons. The third kappa shape index (κ3) is 2.79. The van der Waals surface area contributed by atoms with Crippen molar-refractivity contribution in [3.05, 3.63) is 29.3 Å². The van der Waals surface area contributed by atoms with E-state index in [0.717, 1.165) is 38.3 Å². The van der Waals surface area contributed by atoms with Crippen LogP contribution in [0.5, 0.6) is 0 Å². The summed E-state index contributed by atoms with van der Waals surface area (Å²) in [7, 11) is 0. The molecule has 0 radical (unpaired) electrons. The largest absolute Gasteiger partial charge is 0.398 e. The number of fused-ring (bicyclic) bond motifs is 1. The third-order valence-electron chi connectivity index (χ3n) is 3.58. The summed E-state index contributed by atoms with van der Waals surface area (Å²) in [5.74, 6) is 0.540. The lowest BCUT2D eigenvalue weighted by atomic mass is 9.89. The summed E-state index contributed by atoms with van der Waals surface area (Å²) in [6.45, 7) is 6.37. The van der Waals surface area contributed by atoms with Crippen molar-refractivity contribution in [3.8, 4) is 0 Å². The van der Waals surface area contributed by atoms with Gasteiger partial charge in [0.05, 0.1) is 0 Å². The van der Waals surface area contributed by atoms with Crippen molar-refractivity contribution in [3.63, 3.8) is 0 Å². The minimum Gasteiger partial charge on any atom is -0.398 e. The summed E-state index contributed by atoms with van der Waals surface area (Å²) in [5.41, 5.74) is 15.3. The Hall–Kier alpha value is -1.06. The Morgan fingerprint density at radius 1 is 1.35 bits per heavy atom. The number of rotatable bonds is 4. The Labute approximate surface area is 104 Å². The standard InChI is InChI=1S/C14H23N3/c1-11-9-17(8-3-2-7-15)10-12-5-4-6-13(16)14(11)12/h4-6,11H,2-3,7-10,15-16H2,1H3. The molecule has 0 saturated carbocycles.